The fourth-order valence-electron chi connectivity index (χ4n) is 1.26. The summed E-state index contributed by atoms with van der Waals surface area (Å²) in [6.07, 6.45) is -3.39. The minimum Gasteiger partial charge on any atom is -0.395 e. The molecule has 0 bridgehead atoms. The van der Waals surface area contributed by atoms with Crippen molar-refractivity contribution in [1.82, 2.24) is 4.98 Å². The SMILES string of the molecule is CC(C)(CO)c1cccnc1C(F)(F)F. The van der Waals surface area contributed by atoms with Gasteiger partial charge in [0, 0.05) is 11.6 Å². The fourth-order valence-corrected chi connectivity index (χ4v) is 1.26. The summed E-state index contributed by atoms with van der Waals surface area (Å²) in [5.74, 6) is 0. The van der Waals surface area contributed by atoms with Crippen molar-refractivity contribution < 1.29 is 18.3 Å². The lowest BCUT2D eigenvalue weighted by Crippen LogP contribution is -2.27. The number of aliphatic hydroxyl groups is 1. The average Bonchev–Trinajstić information content (AvgIpc) is 2.16. The molecule has 0 spiro atoms. The van der Waals surface area contributed by atoms with Crippen LogP contribution in [-0.2, 0) is 11.6 Å². The first-order chi connectivity index (χ1) is 6.79. The Morgan fingerprint density at radius 3 is 2.40 bits per heavy atom. The molecule has 0 saturated heterocycles. The molecule has 84 valence electrons. The predicted octanol–water partition coefficient (Wildman–Crippen LogP) is 2.37. The second-order valence-electron chi connectivity index (χ2n) is 3.94. The molecule has 0 radical (unpaired) electrons. The van der Waals surface area contributed by atoms with Crippen molar-refractivity contribution >= 4 is 0 Å². The third kappa shape index (κ3) is 2.47. The summed E-state index contributed by atoms with van der Waals surface area (Å²) >= 11 is 0. The van der Waals surface area contributed by atoms with Gasteiger partial charge in [-0.15, -0.1) is 0 Å². The Labute approximate surface area is 85.8 Å². The van der Waals surface area contributed by atoms with Crippen molar-refractivity contribution in [2.24, 2.45) is 0 Å². The van der Waals surface area contributed by atoms with Crippen LogP contribution in [0.4, 0.5) is 13.2 Å². The van der Waals surface area contributed by atoms with Gasteiger partial charge in [0.05, 0.1) is 6.61 Å². The standard InChI is InChI=1S/C10H12F3NO/c1-9(2,6-15)7-4-3-5-14-8(7)10(11,12)13/h3-5,15H,6H2,1-2H3. The Kier molecular flexibility index (Phi) is 3.04. The summed E-state index contributed by atoms with van der Waals surface area (Å²) in [7, 11) is 0. The maximum absolute atomic E-state index is 12.6. The van der Waals surface area contributed by atoms with Crippen LogP contribution in [0.5, 0.6) is 0 Å². The number of rotatable bonds is 2. The number of nitrogens with zero attached hydrogens (tertiary/aromatic N) is 1. The Bertz CT molecular complexity index is 347. The molecule has 0 fully saturated rings. The second kappa shape index (κ2) is 3.81. The van der Waals surface area contributed by atoms with E-state index >= 15 is 0 Å². The van der Waals surface area contributed by atoms with Crippen LogP contribution in [0.1, 0.15) is 25.1 Å². The summed E-state index contributed by atoms with van der Waals surface area (Å²) in [5.41, 5.74) is -1.86. The number of hydrogen-bond acceptors (Lipinski definition) is 2. The van der Waals surface area contributed by atoms with Crippen LogP contribution >= 0.6 is 0 Å². The van der Waals surface area contributed by atoms with Gasteiger partial charge in [0.1, 0.15) is 5.69 Å². The molecule has 5 heteroatoms. The first-order valence-corrected chi connectivity index (χ1v) is 4.42. The molecule has 0 aromatic carbocycles. The first-order valence-electron chi connectivity index (χ1n) is 4.42. The lowest BCUT2D eigenvalue weighted by molar-refractivity contribution is -0.142. The third-order valence-electron chi connectivity index (χ3n) is 2.20. The van der Waals surface area contributed by atoms with Crippen LogP contribution in [0.3, 0.4) is 0 Å². The number of hydrogen-bond donors (Lipinski definition) is 1. The van der Waals surface area contributed by atoms with Crippen LogP contribution < -0.4 is 0 Å². The summed E-state index contributed by atoms with van der Waals surface area (Å²) in [5, 5.41) is 9.04. The van der Waals surface area contributed by atoms with E-state index in [1.807, 2.05) is 0 Å². The lowest BCUT2D eigenvalue weighted by Gasteiger charge is -2.25. The Hall–Kier alpha value is -1.10. The van der Waals surface area contributed by atoms with Gasteiger partial charge >= 0.3 is 6.18 Å². The molecule has 0 aliphatic carbocycles. The Morgan fingerprint density at radius 1 is 1.33 bits per heavy atom. The van der Waals surface area contributed by atoms with Crippen LogP contribution in [0, 0.1) is 0 Å². The summed E-state index contributed by atoms with van der Waals surface area (Å²) in [4.78, 5) is 3.33. The van der Waals surface area contributed by atoms with E-state index in [1.54, 1.807) is 13.8 Å². The maximum Gasteiger partial charge on any atom is 0.433 e. The molecule has 1 rings (SSSR count). The summed E-state index contributed by atoms with van der Waals surface area (Å²) < 4.78 is 37.7. The minimum absolute atomic E-state index is 0.0139. The number of aliphatic hydroxyl groups excluding tert-OH is 1. The van der Waals surface area contributed by atoms with Crippen molar-refractivity contribution in [2.75, 3.05) is 6.61 Å². The molecule has 0 aliphatic heterocycles. The Balaban J connectivity index is 3.31. The number of pyridine rings is 1. The summed E-state index contributed by atoms with van der Waals surface area (Å²) in [6, 6.07) is 2.77. The van der Waals surface area contributed by atoms with Crippen molar-refractivity contribution in [3.63, 3.8) is 0 Å². The van der Waals surface area contributed by atoms with E-state index in [2.05, 4.69) is 4.98 Å². The molecule has 0 aliphatic rings. The van der Waals surface area contributed by atoms with Gasteiger partial charge in [-0.2, -0.15) is 13.2 Å². The molecule has 0 atom stereocenters. The highest BCUT2D eigenvalue weighted by atomic mass is 19.4. The van der Waals surface area contributed by atoms with Gasteiger partial charge in [-0.05, 0) is 11.6 Å². The van der Waals surface area contributed by atoms with Gasteiger partial charge in [-0.1, -0.05) is 19.9 Å². The fraction of sp³-hybridized carbons (Fsp3) is 0.500. The zero-order chi connectivity index (χ0) is 11.7. The van der Waals surface area contributed by atoms with Gasteiger partial charge in [0.2, 0.25) is 0 Å². The maximum atomic E-state index is 12.6. The van der Waals surface area contributed by atoms with Crippen LogP contribution in [0.25, 0.3) is 0 Å². The smallest absolute Gasteiger partial charge is 0.395 e. The van der Waals surface area contributed by atoms with E-state index in [0.717, 1.165) is 6.20 Å². The molecular weight excluding hydrogens is 207 g/mol. The monoisotopic (exact) mass is 219 g/mol. The van der Waals surface area contributed by atoms with Gasteiger partial charge in [-0.25, -0.2) is 0 Å². The second-order valence-corrected chi connectivity index (χ2v) is 3.94. The van der Waals surface area contributed by atoms with E-state index in [-0.39, 0.29) is 12.2 Å². The van der Waals surface area contributed by atoms with Gasteiger partial charge in [0.25, 0.3) is 0 Å². The lowest BCUT2D eigenvalue weighted by atomic mass is 9.84. The molecule has 15 heavy (non-hydrogen) atoms. The highest BCUT2D eigenvalue weighted by molar-refractivity contribution is 5.29. The van der Waals surface area contributed by atoms with Crippen LogP contribution in [0.15, 0.2) is 18.3 Å². The molecule has 0 unspecified atom stereocenters. The van der Waals surface area contributed by atoms with Gasteiger partial charge in [0.15, 0.2) is 0 Å². The molecule has 1 aromatic rings. The molecule has 0 amide bonds. The quantitative estimate of drug-likeness (QED) is 0.828. The van der Waals surface area contributed by atoms with Crippen molar-refractivity contribution in [3.8, 4) is 0 Å². The molecular formula is C10H12F3NO. The molecule has 2 nitrogen and oxygen atoms in total. The molecule has 1 N–H and O–H groups in total. The van der Waals surface area contributed by atoms with Crippen molar-refractivity contribution in [1.29, 1.82) is 0 Å². The average molecular weight is 219 g/mol. The Morgan fingerprint density at radius 2 is 1.93 bits per heavy atom. The normalized spacial score (nSPS) is 12.9. The highest BCUT2D eigenvalue weighted by Gasteiger charge is 2.38. The zero-order valence-corrected chi connectivity index (χ0v) is 8.47. The summed E-state index contributed by atoms with van der Waals surface area (Å²) in [6.45, 7) is 2.72. The van der Waals surface area contributed by atoms with E-state index in [4.69, 9.17) is 5.11 Å². The van der Waals surface area contributed by atoms with Gasteiger partial charge in [-0.3, -0.25) is 4.98 Å². The van der Waals surface area contributed by atoms with Gasteiger partial charge < -0.3 is 5.11 Å². The first kappa shape index (κ1) is 12.0. The number of aromatic nitrogens is 1. The molecule has 1 heterocycles. The molecule has 0 saturated carbocycles. The predicted molar refractivity (Wildman–Crippen MR) is 49.4 cm³/mol. The molecule has 1 aromatic heterocycles. The van der Waals surface area contributed by atoms with Crippen LogP contribution in [0.2, 0.25) is 0 Å². The van der Waals surface area contributed by atoms with E-state index in [1.165, 1.54) is 12.1 Å². The van der Waals surface area contributed by atoms with Crippen molar-refractivity contribution in [3.05, 3.63) is 29.6 Å². The zero-order valence-electron chi connectivity index (χ0n) is 8.47. The third-order valence-corrected chi connectivity index (χ3v) is 2.20. The number of alkyl halides is 3. The number of halogens is 3. The van der Waals surface area contributed by atoms with E-state index in [9.17, 15) is 13.2 Å². The van der Waals surface area contributed by atoms with Crippen molar-refractivity contribution in [2.45, 2.75) is 25.4 Å². The highest BCUT2D eigenvalue weighted by Crippen LogP contribution is 2.35. The van der Waals surface area contributed by atoms with Crippen LogP contribution in [-0.4, -0.2) is 16.7 Å². The largest absolute Gasteiger partial charge is 0.433 e. The van der Waals surface area contributed by atoms with E-state index < -0.39 is 17.3 Å². The topological polar surface area (TPSA) is 33.1 Å². The minimum atomic E-state index is -4.48. The van der Waals surface area contributed by atoms with E-state index in [0.29, 0.717) is 0 Å².